The summed E-state index contributed by atoms with van der Waals surface area (Å²) in [4.78, 5) is 18.5. The largest absolute Gasteiger partial charge is 0.305 e. The molecule has 0 unspecified atom stereocenters. The molecule has 0 bridgehead atoms. The molecule has 0 atom stereocenters. The van der Waals surface area contributed by atoms with Gasteiger partial charge in [-0.1, -0.05) is 18.5 Å². The number of pyridine rings is 1. The molecular formula is C22H19ClN6. The van der Waals surface area contributed by atoms with Crippen LogP contribution in [0, 0.1) is 25.2 Å². The zero-order valence-electron chi connectivity index (χ0n) is 16.4. The molecule has 0 amide bonds. The van der Waals surface area contributed by atoms with E-state index in [1.165, 1.54) is 0 Å². The number of nitriles is 1. The minimum atomic E-state index is 0.483. The van der Waals surface area contributed by atoms with E-state index >= 15 is 0 Å². The Morgan fingerprint density at radius 2 is 1.86 bits per heavy atom. The van der Waals surface area contributed by atoms with Crippen LogP contribution in [0.4, 0.5) is 0 Å². The molecular weight excluding hydrogens is 384 g/mol. The molecule has 0 fully saturated rings. The molecule has 0 aliphatic rings. The number of aromatic nitrogens is 5. The van der Waals surface area contributed by atoms with Gasteiger partial charge in [-0.3, -0.25) is 0 Å². The normalized spacial score (nSPS) is 11.0. The van der Waals surface area contributed by atoms with Crippen molar-refractivity contribution in [1.29, 1.82) is 5.26 Å². The van der Waals surface area contributed by atoms with Gasteiger partial charge in [0.25, 0.3) is 0 Å². The summed E-state index contributed by atoms with van der Waals surface area (Å²) in [7, 11) is 0. The van der Waals surface area contributed by atoms with Crippen LogP contribution in [-0.2, 0) is 13.0 Å². The van der Waals surface area contributed by atoms with Crippen LogP contribution in [0.5, 0.6) is 0 Å². The number of fused-ring (bicyclic) bond motifs is 1. The molecule has 29 heavy (non-hydrogen) atoms. The van der Waals surface area contributed by atoms with Crippen LogP contribution >= 0.6 is 11.6 Å². The van der Waals surface area contributed by atoms with E-state index < -0.39 is 0 Å². The fourth-order valence-corrected chi connectivity index (χ4v) is 3.63. The van der Waals surface area contributed by atoms with Crippen LogP contribution in [0.1, 0.15) is 35.4 Å². The highest BCUT2D eigenvalue weighted by Crippen LogP contribution is 2.26. The van der Waals surface area contributed by atoms with Gasteiger partial charge in [-0.2, -0.15) is 5.26 Å². The zero-order chi connectivity index (χ0) is 20.5. The molecule has 3 heterocycles. The minimum absolute atomic E-state index is 0.483. The fraction of sp³-hybridized carbons (Fsp3) is 0.227. The molecule has 3 aromatic heterocycles. The molecule has 0 radical (unpaired) electrons. The Morgan fingerprint density at radius 3 is 2.55 bits per heavy atom. The first-order chi connectivity index (χ1) is 14.0. The van der Waals surface area contributed by atoms with Gasteiger partial charge in [-0.05, 0) is 43.7 Å². The third kappa shape index (κ3) is 3.57. The van der Waals surface area contributed by atoms with Gasteiger partial charge in [0.2, 0.25) is 0 Å². The average molecular weight is 403 g/mol. The van der Waals surface area contributed by atoms with Crippen molar-refractivity contribution in [2.24, 2.45) is 0 Å². The number of halogens is 1. The first-order valence-corrected chi connectivity index (χ1v) is 9.72. The molecule has 6 nitrogen and oxygen atoms in total. The summed E-state index contributed by atoms with van der Waals surface area (Å²) in [5.74, 6) is 1.61. The second-order valence-electron chi connectivity index (χ2n) is 6.91. The number of hydrogen-bond acceptors (Lipinski definition) is 5. The first-order valence-electron chi connectivity index (χ1n) is 9.34. The zero-order valence-corrected chi connectivity index (χ0v) is 17.2. The van der Waals surface area contributed by atoms with Crippen molar-refractivity contribution in [2.75, 3.05) is 0 Å². The molecule has 4 rings (SSSR count). The number of benzene rings is 1. The van der Waals surface area contributed by atoms with Crippen LogP contribution in [0.3, 0.4) is 0 Å². The Labute approximate surface area is 173 Å². The van der Waals surface area contributed by atoms with Crippen molar-refractivity contribution >= 4 is 22.8 Å². The third-order valence-electron chi connectivity index (χ3n) is 4.84. The van der Waals surface area contributed by atoms with Gasteiger partial charge in [-0.25, -0.2) is 19.9 Å². The van der Waals surface area contributed by atoms with Crippen LogP contribution in [0.25, 0.3) is 22.3 Å². The third-order valence-corrected chi connectivity index (χ3v) is 5.07. The number of nitrogens with zero attached hydrogens (tertiary/aromatic N) is 6. The minimum Gasteiger partial charge on any atom is -0.305 e. The van der Waals surface area contributed by atoms with Crippen LogP contribution in [-0.4, -0.2) is 24.5 Å². The molecule has 1 aromatic carbocycles. The lowest BCUT2D eigenvalue weighted by Gasteiger charge is -2.09. The smallest absolute Gasteiger partial charge is 0.160 e. The van der Waals surface area contributed by atoms with Crippen molar-refractivity contribution < 1.29 is 0 Å². The second-order valence-corrected chi connectivity index (χ2v) is 7.35. The molecule has 0 aliphatic heterocycles. The van der Waals surface area contributed by atoms with Crippen LogP contribution in [0.2, 0.25) is 5.02 Å². The van der Waals surface area contributed by atoms with Crippen molar-refractivity contribution in [3.8, 4) is 17.2 Å². The van der Waals surface area contributed by atoms with Crippen molar-refractivity contribution in [2.45, 2.75) is 33.7 Å². The maximum Gasteiger partial charge on any atom is 0.160 e. The molecule has 0 spiro atoms. The van der Waals surface area contributed by atoms with Gasteiger partial charge in [0.05, 0.1) is 18.2 Å². The van der Waals surface area contributed by atoms with E-state index in [1.54, 1.807) is 30.6 Å². The Bertz CT molecular complexity index is 1250. The summed E-state index contributed by atoms with van der Waals surface area (Å²) in [5.41, 5.74) is 5.86. The van der Waals surface area contributed by atoms with E-state index in [9.17, 15) is 5.26 Å². The lowest BCUT2D eigenvalue weighted by atomic mass is 10.0. The molecule has 0 N–H and O–H groups in total. The van der Waals surface area contributed by atoms with Gasteiger partial charge in [-0.15, -0.1) is 0 Å². The predicted molar refractivity (Wildman–Crippen MR) is 113 cm³/mol. The molecule has 144 valence electrons. The highest BCUT2D eigenvalue weighted by atomic mass is 35.5. The van der Waals surface area contributed by atoms with Gasteiger partial charge < -0.3 is 4.57 Å². The van der Waals surface area contributed by atoms with E-state index in [0.29, 0.717) is 23.0 Å². The molecule has 7 heteroatoms. The lowest BCUT2D eigenvalue weighted by molar-refractivity contribution is 0.708. The van der Waals surface area contributed by atoms with Gasteiger partial charge in [0.15, 0.2) is 5.65 Å². The summed E-state index contributed by atoms with van der Waals surface area (Å²) in [6, 6.07) is 9.39. The maximum absolute atomic E-state index is 9.35. The standard InChI is InChI=1S/C22H19ClN6/c1-4-20-28-21-13(2)7-14(3)27-22(21)29(20)12-19-25-10-16(11-26-19)18-8-17(23)6-5-15(18)9-24/h5-8,10-11H,4,12H2,1-3H3. The van der Waals surface area contributed by atoms with E-state index in [2.05, 4.69) is 34.5 Å². The Kier molecular flexibility index (Phi) is 4.99. The van der Waals surface area contributed by atoms with Gasteiger partial charge in [0.1, 0.15) is 17.2 Å². The molecule has 0 saturated heterocycles. The summed E-state index contributed by atoms with van der Waals surface area (Å²) in [6.07, 6.45) is 4.24. The quantitative estimate of drug-likeness (QED) is 0.496. The van der Waals surface area contributed by atoms with E-state index in [0.717, 1.165) is 45.8 Å². The molecule has 0 aliphatic carbocycles. The Morgan fingerprint density at radius 1 is 1.10 bits per heavy atom. The first kappa shape index (κ1) is 19.0. The van der Waals surface area contributed by atoms with E-state index in [1.807, 2.05) is 13.0 Å². The van der Waals surface area contributed by atoms with Gasteiger partial charge >= 0.3 is 0 Å². The monoisotopic (exact) mass is 402 g/mol. The maximum atomic E-state index is 9.35. The highest BCUT2D eigenvalue weighted by molar-refractivity contribution is 6.30. The van der Waals surface area contributed by atoms with Crippen molar-refractivity contribution in [3.63, 3.8) is 0 Å². The number of imidazole rings is 1. The van der Waals surface area contributed by atoms with Crippen molar-refractivity contribution in [3.05, 3.63) is 70.2 Å². The second kappa shape index (κ2) is 7.61. The fourth-order valence-electron chi connectivity index (χ4n) is 3.45. The molecule has 0 saturated carbocycles. The Hall–Kier alpha value is -3.30. The highest BCUT2D eigenvalue weighted by Gasteiger charge is 2.15. The molecule has 4 aromatic rings. The van der Waals surface area contributed by atoms with Crippen LogP contribution < -0.4 is 0 Å². The number of aryl methyl sites for hydroxylation is 3. The number of hydrogen-bond donors (Lipinski definition) is 0. The van der Waals surface area contributed by atoms with E-state index in [4.69, 9.17) is 21.6 Å². The summed E-state index contributed by atoms with van der Waals surface area (Å²) in [5, 5.41) is 9.92. The van der Waals surface area contributed by atoms with Crippen molar-refractivity contribution in [1.82, 2.24) is 24.5 Å². The summed E-state index contributed by atoms with van der Waals surface area (Å²) < 4.78 is 2.07. The summed E-state index contributed by atoms with van der Waals surface area (Å²) in [6.45, 7) is 6.60. The van der Waals surface area contributed by atoms with Crippen LogP contribution in [0.15, 0.2) is 36.7 Å². The Balaban J connectivity index is 1.72. The number of rotatable bonds is 4. The lowest BCUT2D eigenvalue weighted by Crippen LogP contribution is -2.08. The topological polar surface area (TPSA) is 80.3 Å². The summed E-state index contributed by atoms with van der Waals surface area (Å²) >= 11 is 6.10. The average Bonchev–Trinajstić information content (AvgIpc) is 3.06. The predicted octanol–water partition coefficient (Wildman–Crippen LogP) is 4.64. The van der Waals surface area contributed by atoms with E-state index in [-0.39, 0.29) is 0 Å². The SMILES string of the molecule is CCc1nc2c(C)cc(C)nc2n1Cc1ncc(-c2cc(Cl)ccc2C#N)cn1. The van der Waals surface area contributed by atoms with Gasteiger partial charge in [0, 0.05) is 40.7 Å².